The summed E-state index contributed by atoms with van der Waals surface area (Å²) in [4.78, 5) is 3.69. The molecule has 3 rings (SSSR count). The number of alkyl halides is 1. The Morgan fingerprint density at radius 3 is 2.31 bits per heavy atom. The summed E-state index contributed by atoms with van der Waals surface area (Å²) in [7, 11) is -11.7. The molecule has 3 aromatic rings. The zero-order chi connectivity index (χ0) is 29.0. The van der Waals surface area contributed by atoms with E-state index < -0.39 is 57.2 Å². The summed E-state index contributed by atoms with van der Waals surface area (Å²) in [6, 6.07) is 8.99. The fourth-order valence-corrected chi connectivity index (χ4v) is 5.92. The van der Waals surface area contributed by atoms with Crippen molar-refractivity contribution in [2.24, 2.45) is 10.2 Å². The van der Waals surface area contributed by atoms with Crippen molar-refractivity contribution in [2.75, 3.05) is 29.9 Å². The Labute approximate surface area is 229 Å². The molecule has 5 N–H and O–H groups in total. The number of hydrogen-bond donors (Lipinski definition) is 5. The van der Waals surface area contributed by atoms with Gasteiger partial charge in [0.25, 0.3) is 20.2 Å². The van der Waals surface area contributed by atoms with Crippen LogP contribution in [0.5, 0.6) is 5.75 Å². The van der Waals surface area contributed by atoms with Crippen molar-refractivity contribution >= 4 is 69.5 Å². The van der Waals surface area contributed by atoms with Gasteiger partial charge in [0.05, 0.1) is 22.9 Å². The van der Waals surface area contributed by atoms with E-state index in [2.05, 4.69) is 21.0 Å². The maximum Gasteiger partial charge on any atom is 0.296 e. The molecule has 0 amide bonds. The van der Waals surface area contributed by atoms with Gasteiger partial charge in [-0.3, -0.25) is 13.9 Å². The highest BCUT2D eigenvalue weighted by Gasteiger charge is 2.25. The average Bonchev–Trinajstić information content (AvgIpc) is 2.84. The zero-order valence-corrected chi connectivity index (χ0v) is 23.3. The highest BCUT2D eigenvalue weighted by atomic mass is 35.5. The summed E-state index contributed by atoms with van der Waals surface area (Å²) in [5.41, 5.74) is 2.41. The van der Waals surface area contributed by atoms with Gasteiger partial charge >= 0.3 is 0 Å². The molecule has 0 fully saturated rings. The normalized spacial score (nSPS) is 12.8. The third kappa shape index (κ3) is 7.83. The lowest BCUT2D eigenvalue weighted by Crippen LogP contribution is -2.25. The van der Waals surface area contributed by atoms with Crippen molar-refractivity contribution < 1.29 is 44.3 Å². The molecule has 0 aromatic heterocycles. The molecule has 0 saturated heterocycles. The first-order chi connectivity index (χ1) is 18.2. The molecule has 0 saturated carbocycles. The second-order valence-electron chi connectivity index (χ2n) is 7.92. The van der Waals surface area contributed by atoms with E-state index in [0.29, 0.717) is 5.56 Å². The fourth-order valence-electron chi connectivity index (χ4n) is 3.37. The number of hydrogen-bond acceptors (Lipinski definition) is 12. The molecule has 0 heterocycles. The van der Waals surface area contributed by atoms with Crippen molar-refractivity contribution in [3.05, 3.63) is 48.0 Å². The second-order valence-corrected chi connectivity index (χ2v) is 13.3. The zero-order valence-electron chi connectivity index (χ0n) is 20.1. The number of halogens is 1. The summed E-state index contributed by atoms with van der Waals surface area (Å²) in [6.07, 6.45) is 0. The van der Waals surface area contributed by atoms with Crippen molar-refractivity contribution in [1.29, 1.82) is 0 Å². The van der Waals surface area contributed by atoms with Crippen LogP contribution in [0.25, 0.3) is 10.8 Å². The maximum absolute atomic E-state index is 12.1. The van der Waals surface area contributed by atoms with Crippen LogP contribution >= 0.6 is 11.6 Å². The number of hydroxylamine groups is 1. The first-order valence-corrected chi connectivity index (χ1v) is 16.0. The molecule has 0 spiro atoms. The molecule has 212 valence electrons. The van der Waals surface area contributed by atoms with Gasteiger partial charge in [-0.15, -0.1) is 16.7 Å². The van der Waals surface area contributed by atoms with Gasteiger partial charge in [-0.25, -0.2) is 8.42 Å². The van der Waals surface area contributed by atoms with Crippen molar-refractivity contribution in [2.45, 2.75) is 16.4 Å². The van der Waals surface area contributed by atoms with Crippen LogP contribution in [0.1, 0.15) is 5.56 Å². The topological polar surface area (TPSA) is 221 Å². The molecule has 0 radical (unpaired) electrons. The van der Waals surface area contributed by atoms with Crippen LogP contribution in [0, 0.1) is 0 Å². The quantitative estimate of drug-likeness (QED) is 0.0646. The number of phenols is 1. The lowest BCUT2D eigenvalue weighted by atomic mass is 10.1. The summed E-state index contributed by atoms with van der Waals surface area (Å²) in [5, 5.41) is 21.1. The van der Waals surface area contributed by atoms with Gasteiger partial charge in [-0.1, -0.05) is 12.1 Å². The van der Waals surface area contributed by atoms with E-state index in [0.717, 1.165) is 18.2 Å². The number of sulfone groups is 1. The van der Waals surface area contributed by atoms with E-state index in [1.807, 2.05) is 0 Å². The van der Waals surface area contributed by atoms with Gasteiger partial charge in [0.15, 0.2) is 15.6 Å². The molecule has 3 aromatic carbocycles. The Balaban J connectivity index is 1.98. The van der Waals surface area contributed by atoms with Gasteiger partial charge < -0.3 is 10.4 Å². The Morgan fingerprint density at radius 2 is 1.69 bits per heavy atom. The average molecular weight is 623 g/mol. The lowest BCUT2D eigenvalue weighted by molar-refractivity contribution is 0.0392. The van der Waals surface area contributed by atoms with E-state index in [9.17, 15) is 39.5 Å². The van der Waals surface area contributed by atoms with E-state index in [4.69, 9.17) is 16.4 Å². The van der Waals surface area contributed by atoms with Crippen molar-refractivity contribution in [1.82, 2.24) is 5.48 Å². The smallest absolute Gasteiger partial charge is 0.296 e. The number of fused-ring (bicyclic) bond motifs is 1. The van der Waals surface area contributed by atoms with Gasteiger partial charge in [-0.05, 0) is 41.3 Å². The van der Waals surface area contributed by atoms with E-state index in [1.165, 1.54) is 19.2 Å². The Hall–Kier alpha value is -2.90. The highest BCUT2D eigenvalue weighted by Crippen LogP contribution is 2.45. The second kappa shape index (κ2) is 12.1. The number of rotatable bonds is 12. The Kier molecular flexibility index (Phi) is 9.50. The van der Waals surface area contributed by atoms with Gasteiger partial charge in [0.1, 0.15) is 16.5 Å². The van der Waals surface area contributed by atoms with Crippen LogP contribution in [0.15, 0.2) is 62.5 Å². The summed E-state index contributed by atoms with van der Waals surface area (Å²) in [5.74, 6) is -1.45. The molecular formula is C21H23ClN4O10S3. The van der Waals surface area contributed by atoms with E-state index in [-0.39, 0.29) is 40.4 Å². The maximum atomic E-state index is 12.1. The summed E-state index contributed by atoms with van der Waals surface area (Å²) < 4.78 is 89.9. The third-order valence-corrected chi connectivity index (χ3v) is 8.65. The first kappa shape index (κ1) is 30.6. The molecule has 39 heavy (non-hydrogen) atoms. The number of phenolic OH excluding ortho intramolecular Hbond substituents is 1. The molecule has 0 unspecified atom stereocenters. The van der Waals surface area contributed by atoms with Gasteiger partial charge in [-0.2, -0.15) is 27.4 Å². The molecule has 0 aliphatic carbocycles. The number of anilines is 1. The number of azo groups is 1. The molecule has 0 atom stereocenters. The summed E-state index contributed by atoms with van der Waals surface area (Å²) >= 11 is 5.43. The molecule has 18 heteroatoms. The monoisotopic (exact) mass is 622 g/mol. The predicted molar refractivity (Wildman–Crippen MR) is 143 cm³/mol. The SMILES string of the molecule is CNc1cc(S(=O)(=O)O)cc2cc(S(=O)(=O)O)c(N=Nc3cccc(CONCS(=O)(=O)CCCl)c3)c(O)c12. The van der Waals surface area contributed by atoms with Crippen LogP contribution in [0.3, 0.4) is 0 Å². The third-order valence-electron chi connectivity index (χ3n) is 5.15. The minimum absolute atomic E-state index is 0.00988. The van der Waals surface area contributed by atoms with Gasteiger partial charge in [0, 0.05) is 24.0 Å². The number of aromatic hydroxyl groups is 1. The molecule has 0 aliphatic heterocycles. The Bertz CT molecular complexity index is 1750. The molecule has 0 aliphatic rings. The van der Waals surface area contributed by atoms with Crippen LogP contribution in [-0.2, 0) is 41.5 Å². The lowest BCUT2D eigenvalue weighted by Gasteiger charge is -2.13. The largest absolute Gasteiger partial charge is 0.505 e. The first-order valence-electron chi connectivity index (χ1n) is 10.7. The Morgan fingerprint density at radius 1 is 0.974 bits per heavy atom. The fraction of sp³-hybridized carbons (Fsp3) is 0.238. The summed E-state index contributed by atoms with van der Waals surface area (Å²) in [6.45, 7) is -0.0706. The van der Waals surface area contributed by atoms with E-state index >= 15 is 0 Å². The highest BCUT2D eigenvalue weighted by molar-refractivity contribution is 7.91. The van der Waals surface area contributed by atoms with Gasteiger partial charge in [0.2, 0.25) is 0 Å². The van der Waals surface area contributed by atoms with Crippen LogP contribution in [-0.4, -0.2) is 64.0 Å². The van der Waals surface area contributed by atoms with Crippen LogP contribution in [0.4, 0.5) is 17.1 Å². The van der Waals surface area contributed by atoms with E-state index in [1.54, 1.807) is 12.1 Å². The minimum atomic E-state index is -4.99. The van der Waals surface area contributed by atoms with Crippen LogP contribution in [0.2, 0.25) is 0 Å². The number of nitrogens with zero attached hydrogens (tertiary/aromatic N) is 2. The molecule has 14 nitrogen and oxygen atoms in total. The standard InChI is InChI=1S/C21H23ClN4O10S3/c1-23-17-10-16(38(30,31)32)8-14-9-18(39(33,34)35)20(21(27)19(14)17)26-25-15-4-2-3-13(7-15)11-36-24-12-37(28,29)6-5-22/h2-4,7-10,23-24,27H,5-6,11-12H2,1H3,(H,30,31,32)(H,33,34,35). The van der Waals surface area contributed by atoms with Crippen molar-refractivity contribution in [3.8, 4) is 5.75 Å². The molecule has 0 bridgehead atoms. The van der Waals surface area contributed by atoms with Crippen molar-refractivity contribution in [3.63, 3.8) is 0 Å². The number of benzene rings is 3. The van der Waals surface area contributed by atoms with Crippen LogP contribution < -0.4 is 10.8 Å². The minimum Gasteiger partial charge on any atom is -0.505 e. The molecular weight excluding hydrogens is 600 g/mol. The predicted octanol–water partition coefficient (Wildman–Crippen LogP) is 3.13. The number of nitrogens with one attached hydrogen (secondary N) is 2.